The van der Waals surface area contributed by atoms with E-state index >= 15 is 0 Å². The van der Waals surface area contributed by atoms with E-state index in [1.54, 1.807) is 0 Å². The van der Waals surface area contributed by atoms with Gasteiger partial charge in [0.25, 0.3) is 0 Å². The summed E-state index contributed by atoms with van der Waals surface area (Å²) in [5, 5.41) is 13.4. The first-order valence-corrected chi connectivity index (χ1v) is 7.44. The zero-order chi connectivity index (χ0) is 12.3. The van der Waals surface area contributed by atoms with Crippen molar-refractivity contribution in [3.63, 3.8) is 0 Å². The molecule has 1 saturated heterocycles. The van der Waals surface area contributed by atoms with Gasteiger partial charge in [0.05, 0.1) is 0 Å². The van der Waals surface area contributed by atoms with E-state index in [4.69, 9.17) is 0 Å². The predicted molar refractivity (Wildman–Crippen MR) is 76.1 cm³/mol. The van der Waals surface area contributed by atoms with Crippen LogP contribution in [0.5, 0.6) is 5.75 Å². The molecule has 3 heteroatoms. The van der Waals surface area contributed by atoms with Crippen LogP contribution in [0.25, 0.3) is 0 Å². The predicted octanol–water partition coefficient (Wildman–Crippen LogP) is 3.56. The molecule has 17 heavy (non-hydrogen) atoms. The summed E-state index contributed by atoms with van der Waals surface area (Å²) in [6, 6.07) is 4.04. The Morgan fingerprint density at radius 3 is 2.94 bits per heavy atom. The average molecular weight is 251 g/mol. The molecule has 1 heterocycles. The largest absolute Gasteiger partial charge is 0.507 e. The highest BCUT2D eigenvalue weighted by molar-refractivity contribution is 7.99. The van der Waals surface area contributed by atoms with Crippen molar-refractivity contribution in [2.45, 2.75) is 26.7 Å². The van der Waals surface area contributed by atoms with Gasteiger partial charge in [-0.15, -0.1) is 0 Å². The van der Waals surface area contributed by atoms with E-state index < -0.39 is 0 Å². The molecule has 2 nitrogen and oxygen atoms in total. The number of hydrogen-bond donors (Lipinski definition) is 2. The van der Waals surface area contributed by atoms with Crippen LogP contribution in [0.15, 0.2) is 12.1 Å². The van der Waals surface area contributed by atoms with Crippen molar-refractivity contribution >= 4 is 17.4 Å². The fraction of sp³-hybridized carbons (Fsp3) is 0.571. The van der Waals surface area contributed by atoms with E-state index in [1.165, 1.54) is 24.3 Å². The molecule has 0 spiro atoms. The maximum Gasteiger partial charge on any atom is 0.123 e. The van der Waals surface area contributed by atoms with Gasteiger partial charge >= 0.3 is 0 Å². The second-order valence-corrected chi connectivity index (χ2v) is 6.02. The third-order valence-corrected chi connectivity index (χ3v) is 4.75. The number of thioether (sulfide) groups is 1. The summed E-state index contributed by atoms with van der Waals surface area (Å²) in [5.74, 6) is 3.79. The Hall–Kier alpha value is -0.830. The molecule has 1 unspecified atom stereocenters. The number of nitrogens with one attached hydrogen (secondary N) is 1. The second-order valence-electron chi connectivity index (χ2n) is 4.87. The molecule has 0 aromatic heterocycles. The third-order valence-electron chi connectivity index (χ3n) is 3.47. The maximum atomic E-state index is 9.88. The summed E-state index contributed by atoms with van der Waals surface area (Å²) in [6.07, 6.45) is 2.67. The van der Waals surface area contributed by atoms with Gasteiger partial charge in [0.1, 0.15) is 5.75 Å². The van der Waals surface area contributed by atoms with Crippen molar-refractivity contribution in [2.75, 3.05) is 23.4 Å². The molecule has 1 aromatic rings. The van der Waals surface area contributed by atoms with Crippen LogP contribution in [0.4, 0.5) is 5.69 Å². The Bertz CT molecular complexity index is 386. The number of aromatic hydroxyl groups is 1. The van der Waals surface area contributed by atoms with Gasteiger partial charge < -0.3 is 10.4 Å². The molecule has 94 valence electrons. The standard InChI is InChI=1S/C14H21NOS/c1-10-5-6-13(11(2)14(10)16)15-8-12-4-3-7-17-9-12/h5-6,12,15-16H,3-4,7-9H2,1-2H3. The first kappa shape index (κ1) is 12.6. The lowest BCUT2D eigenvalue weighted by molar-refractivity contribution is 0.467. The number of benzene rings is 1. The van der Waals surface area contributed by atoms with Crippen molar-refractivity contribution in [2.24, 2.45) is 5.92 Å². The fourth-order valence-corrected chi connectivity index (χ4v) is 3.41. The molecule has 1 aliphatic heterocycles. The molecule has 1 aromatic carbocycles. The van der Waals surface area contributed by atoms with E-state index in [0.29, 0.717) is 5.75 Å². The zero-order valence-corrected chi connectivity index (χ0v) is 11.4. The Balaban J connectivity index is 1.96. The molecule has 2 rings (SSSR count). The quantitative estimate of drug-likeness (QED) is 0.861. The van der Waals surface area contributed by atoms with E-state index in [1.807, 2.05) is 19.9 Å². The van der Waals surface area contributed by atoms with Crippen LogP contribution in [-0.2, 0) is 0 Å². The lowest BCUT2D eigenvalue weighted by Gasteiger charge is -2.22. The van der Waals surface area contributed by atoms with Gasteiger partial charge in [0.15, 0.2) is 0 Å². The first-order valence-electron chi connectivity index (χ1n) is 6.29. The van der Waals surface area contributed by atoms with Gasteiger partial charge in [-0.3, -0.25) is 0 Å². The summed E-state index contributed by atoms with van der Waals surface area (Å²) in [6.45, 7) is 4.93. The van der Waals surface area contributed by atoms with Crippen molar-refractivity contribution in [1.29, 1.82) is 0 Å². The van der Waals surface area contributed by atoms with Gasteiger partial charge in [-0.1, -0.05) is 6.07 Å². The van der Waals surface area contributed by atoms with Crippen LogP contribution in [-0.4, -0.2) is 23.2 Å². The monoisotopic (exact) mass is 251 g/mol. The number of phenols is 1. The molecule has 0 saturated carbocycles. The van der Waals surface area contributed by atoms with Crippen molar-refractivity contribution < 1.29 is 5.11 Å². The minimum atomic E-state index is 0.424. The van der Waals surface area contributed by atoms with Crippen LogP contribution in [0.1, 0.15) is 24.0 Å². The Labute approximate surface area is 108 Å². The molecule has 0 aliphatic carbocycles. The summed E-state index contributed by atoms with van der Waals surface area (Å²) < 4.78 is 0. The highest BCUT2D eigenvalue weighted by atomic mass is 32.2. The molecular formula is C14H21NOS. The van der Waals surface area contributed by atoms with Crippen LogP contribution in [0.2, 0.25) is 0 Å². The minimum Gasteiger partial charge on any atom is -0.507 e. The number of aryl methyl sites for hydroxylation is 1. The number of rotatable bonds is 3. The second kappa shape index (κ2) is 5.67. The Kier molecular flexibility index (Phi) is 4.21. The number of hydrogen-bond acceptors (Lipinski definition) is 3. The summed E-state index contributed by atoms with van der Waals surface area (Å²) >= 11 is 2.06. The summed E-state index contributed by atoms with van der Waals surface area (Å²) in [7, 11) is 0. The maximum absolute atomic E-state index is 9.88. The Morgan fingerprint density at radius 2 is 2.24 bits per heavy atom. The van der Waals surface area contributed by atoms with Gasteiger partial charge in [0.2, 0.25) is 0 Å². The fourth-order valence-electron chi connectivity index (χ4n) is 2.25. The highest BCUT2D eigenvalue weighted by Crippen LogP contribution is 2.29. The molecule has 0 bridgehead atoms. The smallest absolute Gasteiger partial charge is 0.123 e. The van der Waals surface area contributed by atoms with Crippen LogP contribution < -0.4 is 5.32 Å². The molecular weight excluding hydrogens is 230 g/mol. The topological polar surface area (TPSA) is 32.3 Å². The van der Waals surface area contributed by atoms with Crippen LogP contribution >= 0.6 is 11.8 Å². The van der Waals surface area contributed by atoms with Crippen molar-refractivity contribution in [1.82, 2.24) is 0 Å². The normalized spacial score (nSPS) is 20.2. The van der Waals surface area contributed by atoms with Gasteiger partial charge in [-0.05, 0) is 55.7 Å². The van der Waals surface area contributed by atoms with Gasteiger partial charge in [-0.2, -0.15) is 11.8 Å². The molecule has 2 N–H and O–H groups in total. The SMILES string of the molecule is Cc1ccc(NCC2CCCSC2)c(C)c1O. The summed E-state index contributed by atoms with van der Waals surface area (Å²) in [4.78, 5) is 0. The average Bonchev–Trinajstić information content (AvgIpc) is 2.36. The van der Waals surface area contributed by atoms with E-state index in [2.05, 4.69) is 23.1 Å². The zero-order valence-electron chi connectivity index (χ0n) is 10.6. The lowest BCUT2D eigenvalue weighted by atomic mass is 10.0. The van der Waals surface area contributed by atoms with Crippen LogP contribution in [0, 0.1) is 19.8 Å². The lowest BCUT2D eigenvalue weighted by Crippen LogP contribution is -2.20. The third kappa shape index (κ3) is 3.09. The Morgan fingerprint density at radius 1 is 1.41 bits per heavy atom. The highest BCUT2D eigenvalue weighted by Gasteiger charge is 2.14. The number of anilines is 1. The van der Waals surface area contributed by atoms with E-state index in [0.717, 1.165) is 29.3 Å². The van der Waals surface area contributed by atoms with Gasteiger partial charge in [-0.25, -0.2) is 0 Å². The molecule has 0 amide bonds. The van der Waals surface area contributed by atoms with E-state index in [-0.39, 0.29) is 0 Å². The van der Waals surface area contributed by atoms with Crippen molar-refractivity contribution in [3.05, 3.63) is 23.3 Å². The number of phenolic OH excluding ortho intramolecular Hbond substituents is 1. The van der Waals surface area contributed by atoms with Crippen LogP contribution in [0.3, 0.4) is 0 Å². The molecule has 0 radical (unpaired) electrons. The minimum absolute atomic E-state index is 0.424. The van der Waals surface area contributed by atoms with Gasteiger partial charge in [0, 0.05) is 17.8 Å². The molecule has 1 atom stereocenters. The first-order chi connectivity index (χ1) is 8.18. The van der Waals surface area contributed by atoms with Crippen molar-refractivity contribution in [3.8, 4) is 5.75 Å². The summed E-state index contributed by atoms with van der Waals surface area (Å²) in [5.41, 5.74) is 2.98. The van der Waals surface area contributed by atoms with E-state index in [9.17, 15) is 5.11 Å². The molecule has 1 fully saturated rings. The molecule has 1 aliphatic rings.